The fraction of sp³-hybridized carbons (Fsp3) is 0.538. The normalized spacial score (nSPS) is 15.2. The van der Waals surface area contributed by atoms with Crippen LogP contribution in [-0.4, -0.2) is 30.4 Å². The first-order chi connectivity index (χ1) is 9.69. The molecule has 2 aromatic heterocycles. The van der Waals surface area contributed by atoms with E-state index in [2.05, 4.69) is 27.5 Å². The van der Waals surface area contributed by atoms with Gasteiger partial charge in [-0.25, -0.2) is 4.68 Å². The molecule has 0 saturated heterocycles. The predicted molar refractivity (Wildman–Crippen MR) is 80.8 cm³/mol. The van der Waals surface area contributed by atoms with Crippen molar-refractivity contribution in [2.45, 2.75) is 38.7 Å². The Morgan fingerprint density at radius 3 is 2.90 bits per heavy atom. The molecule has 0 bridgehead atoms. The molecule has 0 radical (unpaired) electrons. The van der Waals surface area contributed by atoms with E-state index in [1.165, 1.54) is 17.7 Å². The van der Waals surface area contributed by atoms with Crippen molar-refractivity contribution in [2.24, 2.45) is 7.05 Å². The Hall–Kier alpha value is -1.02. The molecule has 0 aromatic carbocycles. The Morgan fingerprint density at radius 2 is 2.35 bits per heavy atom. The van der Waals surface area contributed by atoms with Crippen molar-refractivity contribution < 1.29 is 5.11 Å². The van der Waals surface area contributed by atoms with E-state index < -0.39 is 0 Å². The molecule has 20 heavy (non-hydrogen) atoms. The van der Waals surface area contributed by atoms with Crippen molar-refractivity contribution in [3.63, 3.8) is 0 Å². The number of aliphatic hydroxyl groups excluding tert-OH is 1. The highest BCUT2D eigenvalue weighted by Gasteiger charge is 2.29. The summed E-state index contributed by atoms with van der Waals surface area (Å²) in [5.41, 5.74) is 0. The molecule has 0 atom stereocenters. The first-order valence-electron chi connectivity index (χ1n) is 6.69. The van der Waals surface area contributed by atoms with Crippen LogP contribution in [0, 0.1) is 4.77 Å². The van der Waals surface area contributed by atoms with E-state index in [0.717, 1.165) is 6.54 Å². The van der Waals surface area contributed by atoms with Gasteiger partial charge in [0.1, 0.15) is 6.61 Å². The number of aliphatic hydroxyl groups is 1. The summed E-state index contributed by atoms with van der Waals surface area (Å²) in [5.74, 6) is 0.613. The number of aromatic nitrogens is 3. The monoisotopic (exact) mass is 310 g/mol. The molecule has 0 aliphatic heterocycles. The molecular weight excluding hydrogens is 292 g/mol. The number of hydrogen-bond acceptors (Lipinski definition) is 5. The zero-order valence-corrected chi connectivity index (χ0v) is 13.0. The number of nitrogens with zero attached hydrogens (tertiary/aromatic N) is 4. The molecule has 1 N–H and O–H groups in total. The Bertz CT molecular complexity index is 627. The molecule has 0 spiro atoms. The van der Waals surface area contributed by atoms with Crippen LogP contribution in [0.25, 0.3) is 0 Å². The van der Waals surface area contributed by atoms with Gasteiger partial charge in [-0.2, -0.15) is 5.10 Å². The zero-order chi connectivity index (χ0) is 14.1. The van der Waals surface area contributed by atoms with Crippen LogP contribution in [0.4, 0.5) is 0 Å². The van der Waals surface area contributed by atoms with Gasteiger partial charge in [0.2, 0.25) is 0 Å². The summed E-state index contributed by atoms with van der Waals surface area (Å²) in [4.78, 5) is 3.78. The molecule has 1 saturated carbocycles. The zero-order valence-electron chi connectivity index (χ0n) is 11.4. The second-order valence-corrected chi connectivity index (χ2v) is 6.51. The molecule has 108 valence electrons. The largest absolute Gasteiger partial charge is 0.388 e. The Labute approximate surface area is 127 Å². The summed E-state index contributed by atoms with van der Waals surface area (Å²) < 4.78 is 4.24. The fourth-order valence-electron chi connectivity index (χ4n) is 2.27. The minimum atomic E-state index is -0.0819. The smallest absolute Gasteiger partial charge is 0.198 e. The van der Waals surface area contributed by atoms with E-state index in [1.807, 2.05) is 11.7 Å². The quantitative estimate of drug-likeness (QED) is 0.830. The van der Waals surface area contributed by atoms with Gasteiger partial charge in [0.05, 0.1) is 6.67 Å². The molecule has 1 fully saturated rings. The molecule has 0 unspecified atom stereocenters. The highest BCUT2D eigenvalue weighted by atomic mass is 32.1. The van der Waals surface area contributed by atoms with Crippen LogP contribution in [-0.2, 0) is 26.9 Å². The van der Waals surface area contributed by atoms with Gasteiger partial charge in [0.15, 0.2) is 10.6 Å². The second-order valence-electron chi connectivity index (χ2n) is 5.11. The van der Waals surface area contributed by atoms with Crippen LogP contribution in [0.1, 0.15) is 23.5 Å². The highest BCUT2D eigenvalue weighted by molar-refractivity contribution is 7.71. The summed E-state index contributed by atoms with van der Waals surface area (Å²) in [5, 5.41) is 15.8. The van der Waals surface area contributed by atoms with Crippen molar-refractivity contribution in [1.29, 1.82) is 0 Å². The molecule has 1 aliphatic carbocycles. The molecule has 3 rings (SSSR count). The Kier molecular flexibility index (Phi) is 4.02. The number of thiophene rings is 1. The minimum absolute atomic E-state index is 0.0819. The van der Waals surface area contributed by atoms with Crippen LogP contribution < -0.4 is 0 Å². The summed E-state index contributed by atoms with van der Waals surface area (Å²) in [6, 6.07) is 4.89. The van der Waals surface area contributed by atoms with Crippen LogP contribution in [0.5, 0.6) is 0 Å². The van der Waals surface area contributed by atoms with Crippen LogP contribution >= 0.6 is 23.6 Å². The van der Waals surface area contributed by atoms with Crippen molar-refractivity contribution >= 4 is 23.6 Å². The van der Waals surface area contributed by atoms with Gasteiger partial charge >= 0.3 is 0 Å². The lowest BCUT2D eigenvalue weighted by molar-refractivity contribution is 0.186. The third-order valence-corrected chi connectivity index (χ3v) is 4.94. The molecule has 0 amide bonds. The van der Waals surface area contributed by atoms with Gasteiger partial charge in [-0.1, -0.05) is 6.07 Å². The van der Waals surface area contributed by atoms with Crippen molar-refractivity contribution in [2.75, 3.05) is 0 Å². The van der Waals surface area contributed by atoms with Crippen LogP contribution in [0.3, 0.4) is 0 Å². The van der Waals surface area contributed by atoms with Gasteiger partial charge in [-0.05, 0) is 36.5 Å². The van der Waals surface area contributed by atoms with E-state index in [0.29, 0.717) is 23.3 Å². The molecule has 2 heterocycles. The first kappa shape index (κ1) is 13.9. The summed E-state index contributed by atoms with van der Waals surface area (Å²) in [6.07, 6.45) is 2.50. The van der Waals surface area contributed by atoms with Crippen molar-refractivity contribution in [3.05, 3.63) is 33.0 Å². The molecule has 5 nitrogen and oxygen atoms in total. The van der Waals surface area contributed by atoms with E-state index in [9.17, 15) is 5.11 Å². The Balaban J connectivity index is 1.78. The molecule has 1 aliphatic rings. The van der Waals surface area contributed by atoms with Gasteiger partial charge in [0, 0.05) is 24.5 Å². The first-order valence-corrected chi connectivity index (χ1v) is 7.98. The second kappa shape index (κ2) is 5.77. The van der Waals surface area contributed by atoms with Gasteiger partial charge in [-0.15, -0.1) is 11.3 Å². The maximum Gasteiger partial charge on any atom is 0.198 e. The average molecular weight is 310 g/mol. The van der Waals surface area contributed by atoms with E-state index in [1.54, 1.807) is 15.9 Å². The number of hydrogen-bond donors (Lipinski definition) is 1. The maximum absolute atomic E-state index is 9.26. The van der Waals surface area contributed by atoms with Crippen LogP contribution in [0.2, 0.25) is 0 Å². The molecule has 2 aromatic rings. The van der Waals surface area contributed by atoms with E-state index in [4.69, 9.17) is 12.2 Å². The number of rotatable bonds is 6. The summed E-state index contributed by atoms with van der Waals surface area (Å²) in [6.45, 7) is 1.55. The lowest BCUT2D eigenvalue weighted by atomic mass is 10.4. The maximum atomic E-state index is 9.26. The standard InChI is InChI=1S/C13H18N4OS2/c1-15-12(8-18)14-17(13(15)19)9-16(10-4-5-10)7-11-3-2-6-20-11/h2-3,6,10,18H,4-5,7-9H2,1H3. The third kappa shape index (κ3) is 2.85. The Morgan fingerprint density at radius 1 is 1.55 bits per heavy atom. The SMILES string of the molecule is Cn1c(CO)nn(CN(Cc2cccs2)C2CC2)c1=S. The van der Waals surface area contributed by atoms with Gasteiger partial charge in [0.25, 0.3) is 0 Å². The van der Waals surface area contributed by atoms with Crippen molar-refractivity contribution in [3.8, 4) is 0 Å². The van der Waals surface area contributed by atoms with Crippen LogP contribution in [0.15, 0.2) is 17.5 Å². The van der Waals surface area contributed by atoms with Gasteiger partial charge < -0.3 is 9.67 Å². The minimum Gasteiger partial charge on any atom is -0.388 e. The summed E-state index contributed by atoms with van der Waals surface area (Å²) in [7, 11) is 1.85. The van der Waals surface area contributed by atoms with E-state index in [-0.39, 0.29) is 6.61 Å². The lowest BCUT2D eigenvalue weighted by Gasteiger charge is -2.20. The fourth-order valence-corrected chi connectivity index (χ4v) is 3.20. The lowest BCUT2D eigenvalue weighted by Crippen LogP contribution is -2.28. The molecule has 7 heteroatoms. The third-order valence-electron chi connectivity index (χ3n) is 3.59. The van der Waals surface area contributed by atoms with Gasteiger partial charge in [-0.3, -0.25) is 4.90 Å². The summed E-state index contributed by atoms with van der Waals surface area (Å²) >= 11 is 7.16. The van der Waals surface area contributed by atoms with Crippen molar-refractivity contribution in [1.82, 2.24) is 19.2 Å². The highest BCUT2D eigenvalue weighted by Crippen LogP contribution is 2.29. The van der Waals surface area contributed by atoms with E-state index >= 15 is 0 Å². The average Bonchev–Trinajstić information content (AvgIpc) is 3.11. The topological polar surface area (TPSA) is 46.2 Å². The molecular formula is C13H18N4OS2. The predicted octanol–water partition coefficient (Wildman–Crippen LogP) is 2.13.